The Morgan fingerprint density at radius 2 is 2.05 bits per heavy atom. The molecule has 3 heterocycles. The minimum absolute atomic E-state index is 0.332. The van der Waals surface area contributed by atoms with Gasteiger partial charge in [0.15, 0.2) is 0 Å². The average Bonchev–Trinajstić information content (AvgIpc) is 3.07. The lowest BCUT2D eigenvalue weighted by Crippen LogP contribution is -2.37. The summed E-state index contributed by atoms with van der Waals surface area (Å²) in [6.07, 6.45) is 7.56. The summed E-state index contributed by atoms with van der Waals surface area (Å²) in [4.78, 5) is 11.1. The maximum Gasteiger partial charge on any atom is 0.225 e. The fourth-order valence-corrected chi connectivity index (χ4v) is 2.41. The van der Waals surface area contributed by atoms with Gasteiger partial charge in [-0.3, -0.25) is 4.68 Å². The minimum atomic E-state index is 0.332. The van der Waals surface area contributed by atoms with Crippen LogP contribution in [0.5, 0.6) is 0 Å². The molecule has 0 saturated carbocycles. The van der Waals surface area contributed by atoms with Crippen molar-refractivity contribution in [2.24, 2.45) is 0 Å². The molecule has 1 aliphatic heterocycles. The Labute approximate surface area is 130 Å². The number of rotatable bonds is 6. The van der Waals surface area contributed by atoms with Gasteiger partial charge in [0.2, 0.25) is 5.95 Å². The molecule has 1 atom stereocenters. The fraction of sp³-hybridized carbons (Fsp3) is 0.533. The summed E-state index contributed by atoms with van der Waals surface area (Å²) in [5.41, 5.74) is 1.09. The number of aromatic nitrogens is 4. The third-order valence-corrected chi connectivity index (χ3v) is 3.66. The van der Waals surface area contributed by atoms with Gasteiger partial charge in [-0.25, -0.2) is 9.97 Å². The Hall–Kier alpha value is -1.99. The number of hydrogen-bond acceptors (Lipinski definition) is 6. The summed E-state index contributed by atoms with van der Waals surface area (Å²) in [6.45, 7) is 6.96. The number of anilines is 1. The predicted molar refractivity (Wildman–Crippen MR) is 83.6 cm³/mol. The SMILES string of the molecule is C[C@H](Cn1cccn1)NCc1cnc(N2CCOCC2)nc1. The molecule has 0 aliphatic carbocycles. The molecule has 0 bridgehead atoms. The summed E-state index contributed by atoms with van der Waals surface area (Å²) in [7, 11) is 0. The molecule has 1 saturated heterocycles. The highest BCUT2D eigenvalue weighted by Crippen LogP contribution is 2.09. The molecule has 2 aromatic rings. The summed E-state index contributed by atoms with van der Waals surface area (Å²) >= 11 is 0. The maximum atomic E-state index is 5.34. The van der Waals surface area contributed by atoms with E-state index in [9.17, 15) is 0 Å². The first-order valence-corrected chi connectivity index (χ1v) is 7.66. The standard InChI is InChI=1S/C15H22N6O/c1-13(12-21-4-2-3-19-21)16-9-14-10-17-15(18-11-14)20-5-7-22-8-6-20/h2-4,10-11,13,16H,5-9,12H2,1H3/t13-/m1/s1. The van der Waals surface area contributed by atoms with E-state index in [4.69, 9.17) is 4.74 Å². The van der Waals surface area contributed by atoms with Gasteiger partial charge in [-0.05, 0) is 13.0 Å². The van der Waals surface area contributed by atoms with Gasteiger partial charge in [0.05, 0.1) is 19.8 Å². The Morgan fingerprint density at radius 1 is 1.27 bits per heavy atom. The van der Waals surface area contributed by atoms with E-state index in [1.165, 1.54) is 0 Å². The third-order valence-electron chi connectivity index (χ3n) is 3.66. The zero-order valence-corrected chi connectivity index (χ0v) is 12.9. The zero-order chi connectivity index (χ0) is 15.2. The van der Waals surface area contributed by atoms with E-state index in [0.717, 1.165) is 50.9 Å². The lowest BCUT2D eigenvalue weighted by Gasteiger charge is -2.26. The van der Waals surface area contributed by atoms with Gasteiger partial charge in [-0.15, -0.1) is 0 Å². The average molecular weight is 302 g/mol. The van der Waals surface area contributed by atoms with Crippen molar-refractivity contribution in [3.63, 3.8) is 0 Å². The summed E-state index contributed by atoms with van der Waals surface area (Å²) in [5, 5.41) is 7.67. The number of nitrogens with one attached hydrogen (secondary N) is 1. The second kappa shape index (κ2) is 7.33. The molecular weight excluding hydrogens is 280 g/mol. The molecule has 2 aromatic heterocycles. The van der Waals surface area contributed by atoms with E-state index in [2.05, 4.69) is 32.2 Å². The molecule has 1 fully saturated rings. The maximum absolute atomic E-state index is 5.34. The highest BCUT2D eigenvalue weighted by atomic mass is 16.5. The Morgan fingerprint density at radius 3 is 2.73 bits per heavy atom. The van der Waals surface area contributed by atoms with Gasteiger partial charge in [-0.2, -0.15) is 5.10 Å². The first-order chi connectivity index (χ1) is 10.8. The molecule has 7 nitrogen and oxygen atoms in total. The van der Waals surface area contributed by atoms with Crippen molar-refractivity contribution < 1.29 is 4.74 Å². The third kappa shape index (κ3) is 4.02. The van der Waals surface area contributed by atoms with Crippen LogP contribution in [0.25, 0.3) is 0 Å². The molecule has 22 heavy (non-hydrogen) atoms. The number of hydrogen-bond donors (Lipinski definition) is 1. The van der Waals surface area contributed by atoms with Crippen LogP contribution in [0.1, 0.15) is 12.5 Å². The van der Waals surface area contributed by atoms with E-state index < -0.39 is 0 Å². The number of nitrogens with zero attached hydrogens (tertiary/aromatic N) is 5. The van der Waals surface area contributed by atoms with Crippen molar-refractivity contribution in [1.82, 2.24) is 25.1 Å². The van der Waals surface area contributed by atoms with Crippen LogP contribution in [-0.4, -0.2) is 52.1 Å². The Kier molecular flexibility index (Phi) is 4.97. The van der Waals surface area contributed by atoms with Crippen molar-refractivity contribution >= 4 is 5.95 Å². The van der Waals surface area contributed by atoms with E-state index in [1.807, 2.05) is 29.3 Å². The smallest absolute Gasteiger partial charge is 0.225 e. The van der Waals surface area contributed by atoms with Crippen LogP contribution in [0.2, 0.25) is 0 Å². The van der Waals surface area contributed by atoms with Crippen molar-refractivity contribution in [2.45, 2.75) is 26.1 Å². The predicted octanol–water partition coefficient (Wildman–Crippen LogP) is 0.688. The first-order valence-electron chi connectivity index (χ1n) is 7.66. The minimum Gasteiger partial charge on any atom is -0.378 e. The van der Waals surface area contributed by atoms with Gasteiger partial charge in [0, 0.05) is 56.0 Å². The van der Waals surface area contributed by atoms with E-state index in [-0.39, 0.29) is 0 Å². The molecule has 0 aromatic carbocycles. The van der Waals surface area contributed by atoms with Gasteiger partial charge in [0.25, 0.3) is 0 Å². The molecule has 0 radical (unpaired) electrons. The normalized spacial score (nSPS) is 16.7. The Bertz CT molecular complexity index is 550. The molecule has 0 amide bonds. The molecular formula is C15H22N6O. The second-order valence-corrected chi connectivity index (χ2v) is 5.50. The van der Waals surface area contributed by atoms with Crippen molar-refractivity contribution in [2.75, 3.05) is 31.2 Å². The largest absolute Gasteiger partial charge is 0.378 e. The molecule has 7 heteroatoms. The van der Waals surface area contributed by atoms with Crippen LogP contribution in [0, 0.1) is 0 Å². The summed E-state index contributed by atoms with van der Waals surface area (Å²) < 4.78 is 7.26. The van der Waals surface area contributed by atoms with Gasteiger partial charge in [-0.1, -0.05) is 0 Å². The molecule has 3 rings (SSSR count). The highest BCUT2D eigenvalue weighted by molar-refractivity contribution is 5.30. The van der Waals surface area contributed by atoms with Crippen LogP contribution >= 0.6 is 0 Å². The van der Waals surface area contributed by atoms with Crippen LogP contribution in [0.4, 0.5) is 5.95 Å². The molecule has 0 spiro atoms. The summed E-state index contributed by atoms with van der Waals surface area (Å²) in [5.74, 6) is 0.789. The lowest BCUT2D eigenvalue weighted by molar-refractivity contribution is 0.122. The molecule has 118 valence electrons. The van der Waals surface area contributed by atoms with Crippen molar-refractivity contribution in [3.8, 4) is 0 Å². The van der Waals surface area contributed by atoms with Gasteiger partial charge >= 0.3 is 0 Å². The van der Waals surface area contributed by atoms with Crippen molar-refractivity contribution in [1.29, 1.82) is 0 Å². The summed E-state index contributed by atoms with van der Waals surface area (Å²) in [6, 6.07) is 2.27. The Balaban J connectivity index is 1.48. The topological polar surface area (TPSA) is 68.1 Å². The first kappa shape index (κ1) is 14.9. The van der Waals surface area contributed by atoms with Gasteiger partial charge in [0.1, 0.15) is 0 Å². The highest BCUT2D eigenvalue weighted by Gasteiger charge is 2.13. The molecule has 1 N–H and O–H groups in total. The van der Waals surface area contributed by atoms with Crippen LogP contribution in [-0.2, 0) is 17.8 Å². The van der Waals surface area contributed by atoms with Crippen LogP contribution in [0.3, 0.4) is 0 Å². The van der Waals surface area contributed by atoms with Gasteiger partial charge < -0.3 is 15.0 Å². The molecule has 1 aliphatic rings. The van der Waals surface area contributed by atoms with Crippen LogP contribution in [0.15, 0.2) is 30.9 Å². The lowest BCUT2D eigenvalue weighted by atomic mass is 10.3. The second-order valence-electron chi connectivity index (χ2n) is 5.50. The van der Waals surface area contributed by atoms with E-state index in [1.54, 1.807) is 6.20 Å². The van der Waals surface area contributed by atoms with Crippen molar-refractivity contribution in [3.05, 3.63) is 36.4 Å². The van der Waals surface area contributed by atoms with Crippen LogP contribution < -0.4 is 10.2 Å². The van der Waals surface area contributed by atoms with E-state index >= 15 is 0 Å². The van der Waals surface area contributed by atoms with E-state index in [0.29, 0.717) is 6.04 Å². The molecule has 0 unspecified atom stereocenters. The number of ether oxygens (including phenoxy) is 1. The quantitative estimate of drug-likeness (QED) is 0.847. The zero-order valence-electron chi connectivity index (χ0n) is 12.9. The monoisotopic (exact) mass is 302 g/mol. The number of morpholine rings is 1. The fourth-order valence-electron chi connectivity index (χ4n) is 2.41.